The quantitative estimate of drug-likeness (QED) is 0.868. The van der Waals surface area contributed by atoms with Gasteiger partial charge in [0.05, 0.1) is 19.3 Å². The molecular weight excluding hydrogens is 304 g/mol. The lowest BCUT2D eigenvalue weighted by atomic mass is 10.2. The zero-order valence-corrected chi connectivity index (χ0v) is 12.4. The zero-order chi connectivity index (χ0) is 16.3. The summed E-state index contributed by atoms with van der Waals surface area (Å²) in [6.07, 6.45) is 1.24. The summed E-state index contributed by atoms with van der Waals surface area (Å²) in [6, 6.07) is 9.13. The van der Waals surface area contributed by atoms with Crippen molar-refractivity contribution in [2.45, 2.75) is 31.5 Å². The van der Waals surface area contributed by atoms with Crippen molar-refractivity contribution >= 4 is 5.91 Å². The van der Waals surface area contributed by atoms with Gasteiger partial charge in [-0.15, -0.1) is 5.10 Å². The molecule has 3 rings (SSSR count). The molecule has 1 amide bonds. The summed E-state index contributed by atoms with van der Waals surface area (Å²) in [5.74, 6) is -3.02. The summed E-state index contributed by atoms with van der Waals surface area (Å²) in [7, 11) is 0. The van der Waals surface area contributed by atoms with Crippen LogP contribution in [0.25, 0.3) is 0 Å². The number of nitrogens with one attached hydrogen (secondary N) is 2. The van der Waals surface area contributed by atoms with E-state index in [0.717, 1.165) is 5.56 Å². The summed E-state index contributed by atoms with van der Waals surface area (Å²) in [6.45, 7) is 0.328. The number of amides is 1. The number of carbonyl (C=O) groups excluding carboxylic acids is 1. The van der Waals surface area contributed by atoms with E-state index >= 15 is 0 Å². The van der Waals surface area contributed by atoms with E-state index in [1.165, 1.54) is 10.9 Å². The molecule has 1 atom stereocenters. The molecule has 0 saturated carbocycles. The third-order valence-corrected chi connectivity index (χ3v) is 3.67. The lowest BCUT2D eigenvalue weighted by molar-refractivity contribution is 0.0205. The number of hydrogen-bond donors (Lipinski definition) is 2. The SMILES string of the molecule is O=C(NCc1ccccc1)c1cn(C[C@@H]2CC(F)(F)CN2)nn1. The Labute approximate surface area is 131 Å². The van der Waals surface area contributed by atoms with Gasteiger partial charge >= 0.3 is 0 Å². The smallest absolute Gasteiger partial charge is 0.273 e. The summed E-state index contributed by atoms with van der Waals surface area (Å²) in [5, 5.41) is 13.1. The number of benzene rings is 1. The van der Waals surface area contributed by atoms with E-state index in [2.05, 4.69) is 20.9 Å². The van der Waals surface area contributed by atoms with E-state index < -0.39 is 5.92 Å². The Bertz CT molecular complexity index is 674. The van der Waals surface area contributed by atoms with Gasteiger partial charge in [0.1, 0.15) is 0 Å². The van der Waals surface area contributed by atoms with Crippen LogP contribution in [0.15, 0.2) is 36.5 Å². The average Bonchev–Trinajstić information content (AvgIpc) is 3.13. The largest absolute Gasteiger partial charge is 0.347 e. The second-order valence-electron chi connectivity index (χ2n) is 5.63. The third-order valence-electron chi connectivity index (χ3n) is 3.67. The summed E-state index contributed by atoms with van der Waals surface area (Å²) >= 11 is 0. The Balaban J connectivity index is 1.53. The van der Waals surface area contributed by atoms with Crippen molar-refractivity contribution < 1.29 is 13.6 Å². The summed E-state index contributed by atoms with van der Waals surface area (Å²) in [5.41, 5.74) is 1.15. The molecule has 0 spiro atoms. The minimum Gasteiger partial charge on any atom is -0.347 e. The molecule has 122 valence electrons. The Morgan fingerprint density at radius 1 is 1.39 bits per heavy atom. The van der Waals surface area contributed by atoms with Crippen LogP contribution in [-0.4, -0.2) is 39.4 Å². The van der Waals surface area contributed by atoms with E-state index in [9.17, 15) is 13.6 Å². The van der Waals surface area contributed by atoms with Crippen LogP contribution in [-0.2, 0) is 13.1 Å². The third kappa shape index (κ3) is 4.10. The fourth-order valence-corrected chi connectivity index (χ4v) is 2.51. The molecule has 0 unspecified atom stereocenters. The minimum absolute atomic E-state index is 0.172. The van der Waals surface area contributed by atoms with Gasteiger partial charge in [-0.05, 0) is 5.56 Å². The Kier molecular flexibility index (Phi) is 4.33. The van der Waals surface area contributed by atoms with E-state index in [1.54, 1.807) is 0 Å². The molecule has 2 heterocycles. The molecule has 0 bridgehead atoms. The molecule has 2 N–H and O–H groups in total. The minimum atomic E-state index is -2.68. The highest BCUT2D eigenvalue weighted by Crippen LogP contribution is 2.25. The van der Waals surface area contributed by atoms with Gasteiger partial charge in [-0.3, -0.25) is 9.48 Å². The average molecular weight is 321 g/mol. The Hall–Kier alpha value is -2.35. The van der Waals surface area contributed by atoms with Crippen LogP contribution in [0.2, 0.25) is 0 Å². The second kappa shape index (κ2) is 6.41. The maximum Gasteiger partial charge on any atom is 0.273 e. The van der Waals surface area contributed by atoms with Crippen LogP contribution in [0.1, 0.15) is 22.5 Å². The van der Waals surface area contributed by atoms with Crippen molar-refractivity contribution in [1.82, 2.24) is 25.6 Å². The molecule has 2 aromatic rings. The molecule has 8 heteroatoms. The van der Waals surface area contributed by atoms with Gasteiger partial charge in [0.25, 0.3) is 11.8 Å². The zero-order valence-electron chi connectivity index (χ0n) is 12.4. The summed E-state index contributed by atoms with van der Waals surface area (Å²) < 4.78 is 27.7. The van der Waals surface area contributed by atoms with E-state index in [0.29, 0.717) is 6.54 Å². The van der Waals surface area contributed by atoms with E-state index in [4.69, 9.17) is 0 Å². The van der Waals surface area contributed by atoms with Crippen LogP contribution in [0, 0.1) is 0 Å². The predicted octanol–water partition coefficient (Wildman–Crippen LogP) is 1.21. The molecule has 0 radical (unpaired) electrons. The molecule has 1 aliphatic heterocycles. The molecule has 1 aliphatic rings. The fraction of sp³-hybridized carbons (Fsp3) is 0.400. The number of hydrogen-bond acceptors (Lipinski definition) is 4. The summed E-state index contributed by atoms with van der Waals surface area (Å²) in [4.78, 5) is 12.0. The van der Waals surface area contributed by atoms with Crippen LogP contribution in [0.4, 0.5) is 8.78 Å². The Morgan fingerprint density at radius 2 is 2.17 bits per heavy atom. The molecule has 1 aromatic carbocycles. The molecule has 23 heavy (non-hydrogen) atoms. The lowest BCUT2D eigenvalue weighted by Crippen LogP contribution is -2.27. The number of alkyl halides is 2. The predicted molar refractivity (Wildman–Crippen MR) is 79.0 cm³/mol. The number of halogens is 2. The Morgan fingerprint density at radius 3 is 2.87 bits per heavy atom. The van der Waals surface area contributed by atoms with Crippen LogP contribution in [0.3, 0.4) is 0 Å². The molecular formula is C15H17F2N5O. The van der Waals surface area contributed by atoms with Gasteiger partial charge in [0, 0.05) is 19.0 Å². The monoisotopic (exact) mass is 321 g/mol. The van der Waals surface area contributed by atoms with Crippen molar-refractivity contribution in [3.05, 3.63) is 47.8 Å². The first-order chi connectivity index (χ1) is 11.0. The molecule has 1 saturated heterocycles. The maximum atomic E-state index is 13.1. The standard InChI is InChI=1S/C15H17F2N5O/c16-15(17)6-12(19-10-15)8-22-9-13(20-21-22)14(23)18-7-11-4-2-1-3-5-11/h1-5,9,12,19H,6-8,10H2,(H,18,23)/t12-/m0/s1. The van der Waals surface area contributed by atoms with Gasteiger partial charge in [-0.2, -0.15) is 0 Å². The first-order valence-electron chi connectivity index (χ1n) is 7.35. The molecule has 0 aliphatic carbocycles. The highest BCUT2D eigenvalue weighted by Gasteiger charge is 2.39. The van der Waals surface area contributed by atoms with Crippen molar-refractivity contribution in [3.8, 4) is 0 Å². The normalized spacial score (nSPS) is 19.7. The maximum absolute atomic E-state index is 13.1. The lowest BCUT2D eigenvalue weighted by Gasteiger charge is -2.09. The van der Waals surface area contributed by atoms with Crippen molar-refractivity contribution in [2.24, 2.45) is 0 Å². The van der Waals surface area contributed by atoms with Gasteiger partial charge in [-0.1, -0.05) is 35.5 Å². The van der Waals surface area contributed by atoms with Gasteiger partial charge in [0.15, 0.2) is 5.69 Å². The van der Waals surface area contributed by atoms with E-state index in [1.807, 2.05) is 30.3 Å². The number of carbonyl (C=O) groups is 1. The second-order valence-corrected chi connectivity index (χ2v) is 5.63. The van der Waals surface area contributed by atoms with Gasteiger partial charge in [-0.25, -0.2) is 8.78 Å². The number of nitrogens with zero attached hydrogens (tertiary/aromatic N) is 3. The number of aromatic nitrogens is 3. The topological polar surface area (TPSA) is 71.8 Å². The van der Waals surface area contributed by atoms with Crippen LogP contribution in [0.5, 0.6) is 0 Å². The molecule has 6 nitrogen and oxygen atoms in total. The van der Waals surface area contributed by atoms with Gasteiger partial charge in [0.2, 0.25) is 0 Å². The first-order valence-corrected chi connectivity index (χ1v) is 7.35. The fourth-order valence-electron chi connectivity index (χ4n) is 2.51. The molecule has 1 fully saturated rings. The molecule has 1 aromatic heterocycles. The van der Waals surface area contributed by atoms with Crippen LogP contribution < -0.4 is 10.6 Å². The van der Waals surface area contributed by atoms with Crippen LogP contribution >= 0.6 is 0 Å². The first kappa shape index (κ1) is 15.5. The number of rotatable bonds is 5. The highest BCUT2D eigenvalue weighted by molar-refractivity contribution is 5.91. The van der Waals surface area contributed by atoms with Crippen molar-refractivity contribution in [2.75, 3.05) is 6.54 Å². The van der Waals surface area contributed by atoms with Crippen molar-refractivity contribution in [1.29, 1.82) is 0 Å². The van der Waals surface area contributed by atoms with Gasteiger partial charge < -0.3 is 10.6 Å². The van der Waals surface area contributed by atoms with Crippen molar-refractivity contribution in [3.63, 3.8) is 0 Å². The highest BCUT2D eigenvalue weighted by atomic mass is 19.3. The van der Waals surface area contributed by atoms with E-state index in [-0.39, 0.29) is 37.2 Å².